The Labute approximate surface area is 124 Å². The van der Waals surface area contributed by atoms with Gasteiger partial charge in [0.2, 0.25) is 5.91 Å². The number of carboxylic acid groups (broad SMARTS) is 1. The maximum absolute atomic E-state index is 12.3. The predicted molar refractivity (Wildman–Crippen MR) is 75.7 cm³/mol. The molecule has 2 aliphatic rings. The summed E-state index contributed by atoms with van der Waals surface area (Å²) < 4.78 is 0. The lowest BCUT2D eigenvalue weighted by molar-refractivity contribution is -0.144. The molecule has 2 fully saturated rings. The molecule has 3 amide bonds. The monoisotopic (exact) mass is 297 g/mol. The molecule has 2 rings (SSSR count). The van der Waals surface area contributed by atoms with Gasteiger partial charge in [0.1, 0.15) is 5.54 Å². The summed E-state index contributed by atoms with van der Waals surface area (Å²) in [5.74, 6) is -0.969. The second kappa shape index (κ2) is 5.91. The highest BCUT2D eigenvalue weighted by Gasteiger charge is 2.49. The number of urea groups is 1. The van der Waals surface area contributed by atoms with Crippen molar-refractivity contribution < 1.29 is 19.5 Å². The first-order valence-corrected chi connectivity index (χ1v) is 7.40. The highest BCUT2D eigenvalue weighted by atomic mass is 16.4. The van der Waals surface area contributed by atoms with Crippen molar-refractivity contribution in [3.63, 3.8) is 0 Å². The smallest absolute Gasteiger partial charge is 0.329 e. The van der Waals surface area contributed by atoms with Crippen LogP contribution in [-0.4, -0.2) is 64.5 Å². The number of hydrogen-bond acceptors (Lipinski definition) is 3. The van der Waals surface area contributed by atoms with Crippen LogP contribution in [0.1, 0.15) is 33.1 Å². The van der Waals surface area contributed by atoms with E-state index >= 15 is 0 Å². The zero-order chi connectivity index (χ0) is 15.6. The highest BCUT2D eigenvalue weighted by molar-refractivity contribution is 5.86. The zero-order valence-electron chi connectivity index (χ0n) is 12.6. The van der Waals surface area contributed by atoms with E-state index in [1.54, 1.807) is 16.7 Å². The second-order valence-corrected chi connectivity index (χ2v) is 6.06. The molecule has 1 unspecified atom stereocenters. The van der Waals surface area contributed by atoms with Crippen molar-refractivity contribution in [3.8, 4) is 0 Å². The first-order valence-electron chi connectivity index (χ1n) is 7.40. The Bertz CT molecular complexity index is 450. The fraction of sp³-hybridized carbons (Fsp3) is 0.786. The number of carbonyl (C=O) groups excluding carboxylic acids is 2. The van der Waals surface area contributed by atoms with Crippen molar-refractivity contribution in [2.24, 2.45) is 5.92 Å². The van der Waals surface area contributed by atoms with Gasteiger partial charge in [0.25, 0.3) is 0 Å². The van der Waals surface area contributed by atoms with E-state index in [0.29, 0.717) is 32.6 Å². The van der Waals surface area contributed by atoms with Crippen LogP contribution in [0.5, 0.6) is 0 Å². The van der Waals surface area contributed by atoms with Gasteiger partial charge in [-0.15, -0.1) is 0 Å². The van der Waals surface area contributed by atoms with Crippen molar-refractivity contribution in [1.29, 1.82) is 0 Å². The molecular formula is C14H23N3O4. The summed E-state index contributed by atoms with van der Waals surface area (Å²) in [6.45, 7) is 5.20. The maximum atomic E-state index is 12.3. The van der Waals surface area contributed by atoms with Crippen LogP contribution >= 0.6 is 0 Å². The first kappa shape index (κ1) is 15.6. The van der Waals surface area contributed by atoms with Gasteiger partial charge < -0.3 is 20.2 Å². The molecule has 0 bridgehead atoms. The lowest BCUT2D eigenvalue weighted by Crippen LogP contribution is -2.57. The molecule has 1 heterocycles. The average Bonchev–Trinajstić information content (AvgIpc) is 3.24. The second-order valence-electron chi connectivity index (χ2n) is 6.06. The van der Waals surface area contributed by atoms with Gasteiger partial charge >= 0.3 is 12.0 Å². The third-order valence-electron chi connectivity index (χ3n) is 4.43. The molecule has 1 aliphatic carbocycles. The number of rotatable bonds is 3. The summed E-state index contributed by atoms with van der Waals surface area (Å²) in [5, 5.41) is 12.1. The standard InChI is InChI=1S/C14H23N3O4/c1-10(18)16-6-3-7-17(9-8-16)13(21)15-14(2,12(19)20)11-4-5-11/h11H,3-9H2,1-2H3,(H,15,21)(H,19,20). The van der Waals surface area contributed by atoms with Crippen LogP contribution in [0.25, 0.3) is 0 Å². The number of nitrogens with one attached hydrogen (secondary N) is 1. The summed E-state index contributed by atoms with van der Waals surface area (Å²) in [6, 6.07) is -0.350. The van der Waals surface area contributed by atoms with Gasteiger partial charge in [-0.1, -0.05) is 0 Å². The Morgan fingerprint density at radius 2 is 1.67 bits per heavy atom. The van der Waals surface area contributed by atoms with Crippen LogP contribution in [0.3, 0.4) is 0 Å². The molecule has 7 heteroatoms. The number of nitrogens with zero attached hydrogens (tertiary/aromatic N) is 2. The molecule has 118 valence electrons. The quantitative estimate of drug-likeness (QED) is 0.794. The number of amides is 3. The molecular weight excluding hydrogens is 274 g/mol. The summed E-state index contributed by atoms with van der Waals surface area (Å²) in [7, 11) is 0. The number of carboxylic acids is 1. The largest absolute Gasteiger partial charge is 0.480 e. The van der Waals surface area contributed by atoms with E-state index < -0.39 is 11.5 Å². The van der Waals surface area contributed by atoms with E-state index in [0.717, 1.165) is 12.8 Å². The van der Waals surface area contributed by atoms with Crippen molar-refractivity contribution >= 4 is 17.9 Å². The van der Waals surface area contributed by atoms with Crippen molar-refractivity contribution in [2.45, 2.75) is 38.6 Å². The van der Waals surface area contributed by atoms with Crippen LogP contribution < -0.4 is 5.32 Å². The molecule has 1 atom stereocenters. The van der Waals surface area contributed by atoms with Crippen molar-refractivity contribution in [2.75, 3.05) is 26.2 Å². The van der Waals surface area contributed by atoms with Crippen LogP contribution in [0, 0.1) is 5.92 Å². The van der Waals surface area contributed by atoms with E-state index in [9.17, 15) is 19.5 Å². The van der Waals surface area contributed by atoms with Gasteiger partial charge in [-0.3, -0.25) is 4.79 Å². The molecule has 0 radical (unpaired) electrons. The lowest BCUT2D eigenvalue weighted by atomic mass is 9.96. The third-order valence-corrected chi connectivity index (χ3v) is 4.43. The summed E-state index contributed by atoms with van der Waals surface area (Å²) in [4.78, 5) is 38.5. The summed E-state index contributed by atoms with van der Waals surface area (Å²) in [6.07, 6.45) is 2.38. The van der Waals surface area contributed by atoms with E-state index in [-0.39, 0.29) is 17.9 Å². The van der Waals surface area contributed by atoms with Gasteiger partial charge in [-0.25, -0.2) is 9.59 Å². The fourth-order valence-corrected chi connectivity index (χ4v) is 2.73. The Kier molecular flexibility index (Phi) is 4.39. The van der Waals surface area contributed by atoms with Gasteiger partial charge in [0.15, 0.2) is 0 Å². The van der Waals surface area contributed by atoms with Gasteiger partial charge in [-0.05, 0) is 32.1 Å². The number of carbonyl (C=O) groups is 3. The number of hydrogen-bond donors (Lipinski definition) is 2. The molecule has 1 aliphatic heterocycles. The molecule has 0 aromatic rings. The van der Waals surface area contributed by atoms with Crippen LogP contribution in [0.2, 0.25) is 0 Å². The SMILES string of the molecule is CC(=O)N1CCCN(C(=O)NC(C)(C(=O)O)C2CC2)CC1. The molecule has 1 saturated heterocycles. The molecule has 21 heavy (non-hydrogen) atoms. The third kappa shape index (κ3) is 3.46. The Morgan fingerprint density at radius 3 is 2.19 bits per heavy atom. The van der Waals surface area contributed by atoms with Crippen molar-refractivity contribution in [1.82, 2.24) is 15.1 Å². The molecule has 1 saturated carbocycles. The minimum absolute atomic E-state index is 0.00520. The maximum Gasteiger partial charge on any atom is 0.329 e. The van der Waals surface area contributed by atoms with E-state index in [4.69, 9.17) is 0 Å². The minimum atomic E-state index is -1.19. The zero-order valence-corrected chi connectivity index (χ0v) is 12.6. The Hall–Kier alpha value is -1.79. The van der Waals surface area contributed by atoms with Crippen LogP contribution in [0.15, 0.2) is 0 Å². The van der Waals surface area contributed by atoms with Gasteiger partial charge in [0.05, 0.1) is 0 Å². The predicted octanol–water partition coefficient (Wildman–Crippen LogP) is 0.504. The molecule has 0 aromatic carbocycles. The fourth-order valence-electron chi connectivity index (χ4n) is 2.73. The van der Waals surface area contributed by atoms with E-state index in [2.05, 4.69) is 5.32 Å². The van der Waals surface area contributed by atoms with Crippen LogP contribution in [0.4, 0.5) is 4.79 Å². The normalized spacial score (nSPS) is 22.2. The first-order chi connectivity index (χ1) is 9.84. The van der Waals surface area contributed by atoms with Crippen LogP contribution in [-0.2, 0) is 9.59 Å². The van der Waals surface area contributed by atoms with Gasteiger partial charge in [0, 0.05) is 33.1 Å². The van der Waals surface area contributed by atoms with E-state index in [1.807, 2.05) is 0 Å². The highest BCUT2D eigenvalue weighted by Crippen LogP contribution is 2.39. The molecule has 0 aromatic heterocycles. The molecule has 2 N–H and O–H groups in total. The lowest BCUT2D eigenvalue weighted by Gasteiger charge is -2.30. The Balaban J connectivity index is 1.96. The van der Waals surface area contributed by atoms with Gasteiger partial charge in [-0.2, -0.15) is 0 Å². The summed E-state index contributed by atoms with van der Waals surface area (Å²) in [5.41, 5.74) is -1.19. The topological polar surface area (TPSA) is 90.0 Å². The molecule has 7 nitrogen and oxygen atoms in total. The van der Waals surface area contributed by atoms with Crippen molar-refractivity contribution in [3.05, 3.63) is 0 Å². The Morgan fingerprint density at radius 1 is 1.10 bits per heavy atom. The average molecular weight is 297 g/mol. The van der Waals surface area contributed by atoms with E-state index in [1.165, 1.54) is 6.92 Å². The number of aliphatic carboxylic acids is 1. The minimum Gasteiger partial charge on any atom is -0.480 e. The molecule has 0 spiro atoms. The summed E-state index contributed by atoms with van der Waals surface area (Å²) >= 11 is 0.